The third kappa shape index (κ3) is 3.29. The molecule has 4 nitrogen and oxygen atoms in total. The average molecular weight is 298 g/mol. The second-order valence-electron chi connectivity index (χ2n) is 5.91. The van der Waals surface area contributed by atoms with E-state index < -0.39 is 0 Å². The predicted octanol–water partition coefficient (Wildman–Crippen LogP) is 2.49. The molecule has 1 saturated heterocycles. The van der Waals surface area contributed by atoms with Crippen molar-refractivity contribution in [2.75, 3.05) is 26.3 Å². The molecule has 1 aliphatic heterocycles. The lowest BCUT2D eigenvalue weighted by atomic mass is 10.0. The van der Waals surface area contributed by atoms with Crippen LogP contribution in [0.2, 0.25) is 0 Å². The van der Waals surface area contributed by atoms with Crippen molar-refractivity contribution in [2.45, 2.75) is 20.4 Å². The van der Waals surface area contributed by atoms with Gasteiger partial charge in [0, 0.05) is 30.9 Å². The van der Waals surface area contributed by atoms with Crippen LogP contribution in [0.4, 0.5) is 0 Å². The fourth-order valence-corrected chi connectivity index (χ4v) is 2.80. The minimum atomic E-state index is -0.0216. The molecular formula is C18H22N2O2. The molecule has 4 heteroatoms. The van der Waals surface area contributed by atoms with Crippen LogP contribution in [0, 0.1) is 13.8 Å². The fraction of sp³-hybridized carbons (Fsp3) is 0.389. The highest BCUT2D eigenvalue weighted by Crippen LogP contribution is 2.19. The van der Waals surface area contributed by atoms with Crippen molar-refractivity contribution in [3.63, 3.8) is 0 Å². The molecule has 0 aliphatic carbocycles. The molecule has 116 valence electrons. The number of aryl methyl sites for hydroxylation is 2. The van der Waals surface area contributed by atoms with Crippen molar-refractivity contribution in [3.8, 4) is 11.1 Å². The third-order valence-electron chi connectivity index (χ3n) is 4.25. The van der Waals surface area contributed by atoms with Gasteiger partial charge in [-0.25, -0.2) is 0 Å². The van der Waals surface area contributed by atoms with Crippen molar-refractivity contribution >= 4 is 0 Å². The van der Waals surface area contributed by atoms with Crippen molar-refractivity contribution < 1.29 is 4.74 Å². The normalized spacial score (nSPS) is 15.9. The topological polar surface area (TPSA) is 45.3 Å². The SMILES string of the molecule is Cc1cc(-c2cccc(CN3CCOCC3)c2)c(=O)[nH]c1C. The van der Waals surface area contributed by atoms with E-state index in [1.807, 2.05) is 32.0 Å². The molecule has 0 radical (unpaired) electrons. The maximum Gasteiger partial charge on any atom is 0.256 e. The molecule has 0 saturated carbocycles. The van der Waals surface area contributed by atoms with E-state index >= 15 is 0 Å². The molecule has 0 spiro atoms. The minimum absolute atomic E-state index is 0.0216. The second kappa shape index (κ2) is 6.46. The number of nitrogens with one attached hydrogen (secondary N) is 1. The van der Waals surface area contributed by atoms with Crippen molar-refractivity contribution in [2.24, 2.45) is 0 Å². The van der Waals surface area contributed by atoms with Crippen molar-refractivity contribution in [1.82, 2.24) is 9.88 Å². The van der Waals surface area contributed by atoms with Gasteiger partial charge in [0.25, 0.3) is 5.56 Å². The Hall–Kier alpha value is -1.91. The number of benzene rings is 1. The summed E-state index contributed by atoms with van der Waals surface area (Å²) in [5.74, 6) is 0. The zero-order chi connectivity index (χ0) is 15.5. The average Bonchev–Trinajstić information content (AvgIpc) is 2.52. The zero-order valence-corrected chi connectivity index (χ0v) is 13.2. The van der Waals surface area contributed by atoms with Gasteiger partial charge in [-0.05, 0) is 42.7 Å². The monoisotopic (exact) mass is 298 g/mol. The van der Waals surface area contributed by atoms with Crippen LogP contribution < -0.4 is 5.56 Å². The standard InChI is InChI=1S/C18H22N2O2/c1-13-10-17(18(21)19-14(13)2)16-5-3-4-15(11-16)12-20-6-8-22-9-7-20/h3-5,10-11H,6-9,12H2,1-2H3,(H,19,21). The zero-order valence-electron chi connectivity index (χ0n) is 13.2. The minimum Gasteiger partial charge on any atom is -0.379 e. The highest BCUT2D eigenvalue weighted by Gasteiger charge is 2.12. The number of pyridine rings is 1. The first-order chi connectivity index (χ1) is 10.6. The number of morpholine rings is 1. The van der Waals surface area contributed by atoms with E-state index in [2.05, 4.69) is 22.0 Å². The lowest BCUT2D eigenvalue weighted by Gasteiger charge is -2.26. The Bertz CT molecular complexity index is 715. The van der Waals surface area contributed by atoms with E-state index in [9.17, 15) is 4.79 Å². The number of H-pyrrole nitrogens is 1. The molecule has 1 aliphatic rings. The summed E-state index contributed by atoms with van der Waals surface area (Å²) < 4.78 is 5.38. The van der Waals surface area contributed by atoms with Gasteiger partial charge in [-0.15, -0.1) is 0 Å². The van der Waals surface area contributed by atoms with Gasteiger partial charge in [-0.3, -0.25) is 9.69 Å². The summed E-state index contributed by atoms with van der Waals surface area (Å²) in [5.41, 5.74) is 4.97. The molecule has 2 heterocycles. The second-order valence-corrected chi connectivity index (χ2v) is 5.91. The van der Waals surface area contributed by atoms with Crippen LogP contribution in [-0.4, -0.2) is 36.2 Å². The Morgan fingerprint density at radius 2 is 1.95 bits per heavy atom. The first kappa shape index (κ1) is 15.0. The van der Waals surface area contributed by atoms with Crippen LogP contribution in [-0.2, 0) is 11.3 Å². The molecule has 1 fully saturated rings. The number of aromatic nitrogens is 1. The molecule has 22 heavy (non-hydrogen) atoms. The van der Waals surface area contributed by atoms with Gasteiger partial charge >= 0.3 is 0 Å². The summed E-state index contributed by atoms with van der Waals surface area (Å²) in [6.07, 6.45) is 0. The van der Waals surface area contributed by atoms with Gasteiger partial charge in [-0.2, -0.15) is 0 Å². The Morgan fingerprint density at radius 3 is 2.73 bits per heavy atom. The van der Waals surface area contributed by atoms with E-state index in [0.29, 0.717) is 0 Å². The van der Waals surface area contributed by atoms with E-state index in [-0.39, 0.29) is 5.56 Å². The number of rotatable bonds is 3. The van der Waals surface area contributed by atoms with Gasteiger partial charge in [0.15, 0.2) is 0 Å². The first-order valence-electron chi connectivity index (χ1n) is 7.73. The molecule has 3 rings (SSSR count). The quantitative estimate of drug-likeness (QED) is 0.947. The van der Waals surface area contributed by atoms with Crippen LogP contribution in [0.25, 0.3) is 11.1 Å². The summed E-state index contributed by atoms with van der Waals surface area (Å²) in [6.45, 7) is 8.39. The number of nitrogens with zero attached hydrogens (tertiary/aromatic N) is 1. The molecule has 0 amide bonds. The summed E-state index contributed by atoms with van der Waals surface area (Å²) >= 11 is 0. The fourth-order valence-electron chi connectivity index (χ4n) is 2.80. The number of hydrogen-bond donors (Lipinski definition) is 1. The first-order valence-corrected chi connectivity index (χ1v) is 7.73. The van der Waals surface area contributed by atoms with Gasteiger partial charge in [-0.1, -0.05) is 18.2 Å². The number of hydrogen-bond acceptors (Lipinski definition) is 3. The van der Waals surface area contributed by atoms with Crippen LogP contribution in [0.3, 0.4) is 0 Å². The van der Waals surface area contributed by atoms with Gasteiger partial charge < -0.3 is 9.72 Å². The van der Waals surface area contributed by atoms with Gasteiger partial charge in [0.1, 0.15) is 0 Å². The Balaban J connectivity index is 1.87. The molecule has 0 atom stereocenters. The number of aromatic amines is 1. The van der Waals surface area contributed by atoms with E-state index in [1.165, 1.54) is 5.56 Å². The van der Waals surface area contributed by atoms with Gasteiger partial charge in [0.2, 0.25) is 0 Å². The Morgan fingerprint density at radius 1 is 1.18 bits per heavy atom. The van der Waals surface area contributed by atoms with Crippen LogP contribution in [0.15, 0.2) is 35.1 Å². The molecule has 0 unspecified atom stereocenters. The van der Waals surface area contributed by atoms with E-state index in [1.54, 1.807) is 0 Å². The maximum absolute atomic E-state index is 12.2. The highest BCUT2D eigenvalue weighted by atomic mass is 16.5. The van der Waals surface area contributed by atoms with E-state index in [0.717, 1.165) is 55.2 Å². The molecule has 2 aromatic rings. The van der Waals surface area contributed by atoms with E-state index in [4.69, 9.17) is 4.74 Å². The summed E-state index contributed by atoms with van der Waals surface area (Å²) in [5, 5.41) is 0. The largest absolute Gasteiger partial charge is 0.379 e. The third-order valence-corrected chi connectivity index (χ3v) is 4.25. The Labute approximate surface area is 130 Å². The summed E-state index contributed by atoms with van der Waals surface area (Å²) in [7, 11) is 0. The molecular weight excluding hydrogens is 276 g/mol. The highest BCUT2D eigenvalue weighted by molar-refractivity contribution is 5.64. The smallest absolute Gasteiger partial charge is 0.256 e. The van der Waals surface area contributed by atoms with Crippen molar-refractivity contribution in [3.05, 3.63) is 57.5 Å². The number of ether oxygens (including phenoxy) is 1. The van der Waals surface area contributed by atoms with Crippen LogP contribution in [0.5, 0.6) is 0 Å². The maximum atomic E-state index is 12.2. The summed E-state index contributed by atoms with van der Waals surface area (Å²) in [6, 6.07) is 10.2. The molecule has 0 bridgehead atoms. The lowest BCUT2D eigenvalue weighted by molar-refractivity contribution is 0.0342. The van der Waals surface area contributed by atoms with Crippen molar-refractivity contribution in [1.29, 1.82) is 0 Å². The summed E-state index contributed by atoms with van der Waals surface area (Å²) in [4.78, 5) is 17.5. The molecule has 1 N–H and O–H groups in total. The van der Waals surface area contributed by atoms with Crippen LogP contribution in [0.1, 0.15) is 16.8 Å². The molecule has 1 aromatic carbocycles. The Kier molecular flexibility index (Phi) is 4.41. The lowest BCUT2D eigenvalue weighted by Crippen LogP contribution is -2.35. The van der Waals surface area contributed by atoms with Crippen LogP contribution >= 0.6 is 0 Å². The van der Waals surface area contributed by atoms with Gasteiger partial charge in [0.05, 0.1) is 13.2 Å². The predicted molar refractivity (Wildman–Crippen MR) is 88.1 cm³/mol. The molecule has 1 aromatic heterocycles.